The molecule has 1 aromatic carbocycles. The lowest BCUT2D eigenvalue weighted by Crippen LogP contribution is -2.36. The predicted octanol–water partition coefficient (Wildman–Crippen LogP) is 0.700. The lowest BCUT2D eigenvalue weighted by molar-refractivity contribution is 0.280. The number of rotatable bonds is 8. The molecule has 1 aromatic rings. The fourth-order valence-electron chi connectivity index (χ4n) is 1.51. The van der Waals surface area contributed by atoms with Crippen molar-refractivity contribution < 1.29 is 9.94 Å². The Morgan fingerprint density at radius 1 is 1.40 bits per heavy atom. The molecule has 1 atom stereocenters. The van der Waals surface area contributed by atoms with Crippen molar-refractivity contribution in [3.05, 3.63) is 29.8 Å². The molecule has 0 spiro atoms. The minimum absolute atomic E-state index is 0.0934. The molecule has 112 valence electrons. The lowest BCUT2D eigenvalue weighted by Gasteiger charge is -2.20. The highest BCUT2D eigenvalue weighted by Crippen LogP contribution is 2.11. The second-order valence-corrected chi connectivity index (χ2v) is 4.87. The van der Waals surface area contributed by atoms with Gasteiger partial charge in [0.15, 0.2) is 5.84 Å². The number of likely N-dealkylation sites (N-methyl/N-ethyl adjacent to an activating group) is 1. The van der Waals surface area contributed by atoms with E-state index in [1.165, 1.54) is 0 Å². The van der Waals surface area contributed by atoms with Gasteiger partial charge in [-0.05, 0) is 45.3 Å². The molecule has 1 rings (SSSR count). The molecule has 0 saturated heterocycles. The third kappa shape index (κ3) is 5.46. The molecule has 0 amide bonds. The molecule has 0 aliphatic heterocycles. The number of hydrogen-bond acceptors (Lipinski definition) is 5. The van der Waals surface area contributed by atoms with Crippen LogP contribution in [0, 0.1) is 0 Å². The van der Waals surface area contributed by atoms with E-state index >= 15 is 0 Å². The molecular formula is C14H24N4O2. The van der Waals surface area contributed by atoms with Gasteiger partial charge in [-0.25, -0.2) is 0 Å². The Bertz CT molecular complexity index is 418. The molecule has 1 unspecified atom stereocenters. The van der Waals surface area contributed by atoms with Crippen molar-refractivity contribution in [2.45, 2.75) is 13.0 Å². The molecule has 0 radical (unpaired) electrons. The lowest BCUT2D eigenvalue weighted by atomic mass is 10.2. The number of benzene rings is 1. The fourth-order valence-corrected chi connectivity index (χ4v) is 1.51. The van der Waals surface area contributed by atoms with E-state index in [1.54, 1.807) is 24.3 Å². The molecule has 0 heterocycles. The summed E-state index contributed by atoms with van der Waals surface area (Å²) in [4.78, 5) is 2.17. The minimum Gasteiger partial charge on any atom is -0.492 e. The van der Waals surface area contributed by atoms with E-state index in [0.717, 1.165) is 18.8 Å². The van der Waals surface area contributed by atoms with Crippen LogP contribution in [-0.4, -0.2) is 55.8 Å². The van der Waals surface area contributed by atoms with Gasteiger partial charge in [0.1, 0.15) is 12.4 Å². The van der Waals surface area contributed by atoms with Crippen molar-refractivity contribution in [3.63, 3.8) is 0 Å². The summed E-state index contributed by atoms with van der Waals surface area (Å²) >= 11 is 0. The normalized spacial score (nSPS) is 13.5. The van der Waals surface area contributed by atoms with Crippen LogP contribution in [0.5, 0.6) is 5.75 Å². The number of oxime groups is 1. The molecule has 6 nitrogen and oxygen atoms in total. The van der Waals surface area contributed by atoms with Crippen LogP contribution in [0.25, 0.3) is 0 Å². The monoisotopic (exact) mass is 280 g/mol. The van der Waals surface area contributed by atoms with E-state index in [9.17, 15) is 0 Å². The van der Waals surface area contributed by atoms with Gasteiger partial charge in [0.2, 0.25) is 0 Å². The van der Waals surface area contributed by atoms with Crippen LogP contribution in [0.15, 0.2) is 29.4 Å². The number of hydrogen-bond donors (Lipinski definition) is 3. The molecule has 0 bridgehead atoms. The van der Waals surface area contributed by atoms with Gasteiger partial charge in [-0.1, -0.05) is 5.16 Å². The second kappa shape index (κ2) is 8.39. The number of nitrogens with two attached hydrogens (primary N) is 1. The van der Waals surface area contributed by atoms with Crippen molar-refractivity contribution in [2.24, 2.45) is 10.9 Å². The van der Waals surface area contributed by atoms with Crippen LogP contribution in [0.2, 0.25) is 0 Å². The highest BCUT2D eigenvalue weighted by atomic mass is 16.5. The summed E-state index contributed by atoms with van der Waals surface area (Å²) in [6.45, 7) is 4.49. The van der Waals surface area contributed by atoms with Crippen LogP contribution < -0.4 is 15.8 Å². The third-order valence-corrected chi connectivity index (χ3v) is 3.13. The molecule has 6 heteroatoms. The van der Waals surface area contributed by atoms with Crippen LogP contribution in [-0.2, 0) is 0 Å². The molecule has 0 aliphatic rings. The topological polar surface area (TPSA) is 83.1 Å². The quantitative estimate of drug-likeness (QED) is 0.215. The molecule has 0 fully saturated rings. The van der Waals surface area contributed by atoms with Crippen molar-refractivity contribution in [1.82, 2.24) is 10.2 Å². The summed E-state index contributed by atoms with van der Waals surface area (Å²) in [6.07, 6.45) is 0. The summed E-state index contributed by atoms with van der Waals surface area (Å²) < 4.78 is 5.60. The van der Waals surface area contributed by atoms with E-state index in [4.69, 9.17) is 15.7 Å². The number of amidine groups is 1. The van der Waals surface area contributed by atoms with Gasteiger partial charge in [0.25, 0.3) is 0 Å². The van der Waals surface area contributed by atoms with Gasteiger partial charge in [0, 0.05) is 24.7 Å². The Labute approximate surface area is 120 Å². The molecule has 0 saturated carbocycles. The van der Waals surface area contributed by atoms with E-state index in [1.807, 2.05) is 0 Å². The zero-order chi connectivity index (χ0) is 15.0. The van der Waals surface area contributed by atoms with Gasteiger partial charge in [-0.2, -0.15) is 0 Å². The van der Waals surface area contributed by atoms with Crippen LogP contribution in [0.4, 0.5) is 0 Å². The summed E-state index contributed by atoms with van der Waals surface area (Å²) in [5.41, 5.74) is 6.15. The Morgan fingerprint density at radius 2 is 2.05 bits per heavy atom. The standard InChI is InChI=1S/C14H24N4O2/c1-11(18(2)3)10-16-8-9-20-13-6-4-12(5-7-13)14(15)17-19/h4-7,11,16,19H,8-10H2,1-3H3,(H2,15,17). The van der Waals surface area contributed by atoms with E-state index in [2.05, 4.69) is 36.4 Å². The number of nitrogens with zero attached hydrogens (tertiary/aromatic N) is 2. The van der Waals surface area contributed by atoms with Gasteiger partial charge >= 0.3 is 0 Å². The fraction of sp³-hybridized carbons (Fsp3) is 0.500. The molecule has 20 heavy (non-hydrogen) atoms. The number of ether oxygens (including phenoxy) is 1. The molecule has 0 aromatic heterocycles. The van der Waals surface area contributed by atoms with Crippen LogP contribution >= 0.6 is 0 Å². The summed E-state index contributed by atoms with van der Waals surface area (Å²) in [6, 6.07) is 7.61. The predicted molar refractivity (Wildman–Crippen MR) is 80.5 cm³/mol. The highest BCUT2D eigenvalue weighted by Gasteiger charge is 2.03. The molecular weight excluding hydrogens is 256 g/mol. The minimum atomic E-state index is 0.0934. The smallest absolute Gasteiger partial charge is 0.170 e. The Kier molecular flexibility index (Phi) is 6.83. The Balaban J connectivity index is 2.26. The van der Waals surface area contributed by atoms with Crippen molar-refractivity contribution >= 4 is 5.84 Å². The Hall–Kier alpha value is -1.79. The Morgan fingerprint density at radius 3 is 2.60 bits per heavy atom. The van der Waals surface area contributed by atoms with Gasteiger partial charge in [-0.3, -0.25) is 0 Å². The maximum atomic E-state index is 8.56. The molecule has 0 aliphatic carbocycles. The van der Waals surface area contributed by atoms with Gasteiger partial charge in [0.05, 0.1) is 0 Å². The van der Waals surface area contributed by atoms with Crippen LogP contribution in [0.3, 0.4) is 0 Å². The summed E-state index contributed by atoms with van der Waals surface area (Å²) in [5, 5.41) is 14.8. The van der Waals surface area contributed by atoms with Crippen molar-refractivity contribution in [1.29, 1.82) is 0 Å². The number of nitrogens with one attached hydrogen (secondary N) is 1. The van der Waals surface area contributed by atoms with Gasteiger partial charge in [-0.15, -0.1) is 0 Å². The maximum Gasteiger partial charge on any atom is 0.170 e. The highest BCUT2D eigenvalue weighted by molar-refractivity contribution is 5.97. The first-order chi connectivity index (χ1) is 9.54. The largest absolute Gasteiger partial charge is 0.492 e. The zero-order valence-electron chi connectivity index (χ0n) is 12.3. The van der Waals surface area contributed by atoms with Crippen molar-refractivity contribution in [3.8, 4) is 5.75 Å². The summed E-state index contributed by atoms with van der Waals surface area (Å²) in [5.74, 6) is 0.859. The van der Waals surface area contributed by atoms with E-state index in [-0.39, 0.29) is 5.84 Å². The van der Waals surface area contributed by atoms with Crippen LogP contribution in [0.1, 0.15) is 12.5 Å². The average Bonchev–Trinajstić information content (AvgIpc) is 2.46. The SMILES string of the molecule is CC(CNCCOc1ccc(C(N)=NO)cc1)N(C)C. The van der Waals surface area contributed by atoms with Gasteiger partial charge < -0.3 is 25.9 Å². The first-order valence-corrected chi connectivity index (χ1v) is 6.62. The first-order valence-electron chi connectivity index (χ1n) is 6.62. The second-order valence-electron chi connectivity index (χ2n) is 4.87. The maximum absolute atomic E-state index is 8.56. The third-order valence-electron chi connectivity index (χ3n) is 3.13. The average molecular weight is 280 g/mol. The summed E-state index contributed by atoms with van der Waals surface area (Å²) in [7, 11) is 4.12. The van der Waals surface area contributed by atoms with Crippen molar-refractivity contribution in [2.75, 3.05) is 33.8 Å². The first kappa shape index (κ1) is 16.3. The zero-order valence-corrected chi connectivity index (χ0v) is 12.3. The van der Waals surface area contributed by atoms with E-state index < -0.39 is 0 Å². The van der Waals surface area contributed by atoms with E-state index in [0.29, 0.717) is 18.2 Å². The molecule has 4 N–H and O–H groups in total.